The van der Waals surface area contributed by atoms with Crippen molar-refractivity contribution >= 4 is 11.6 Å². The third-order valence-corrected chi connectivity index (χ3v) is 2.63. The van der Waals surface area contributed by atoms with E-state index < -0.39 is 12.0 Å². The lowest BCUT2D eigenvalue weighted by molar-refractivity contribution is -0.125. The monoisotopic (exact) mass is 206 g/mol. The summed E-state index contributed by atoms with van der Waals surface area (Å²) in [6.07, 6.45) is 0. The van der Waals surface area contributed by atoms with E-state index in [-0.39, 0.29) is 11.6 Å². The Labute approximate surface area is 88.7 Å². The van der Waals surface area contributed by atoms with Gasteiger partial charge >= 0.3 is 0 Å². The van der Waals surface area contributed by atoms with E-state index in [9.17, 15) is 9.59 Å². The lowest BCUT2D eigenvalue weighted by Crippen LogP contribution is -2.38. The zero-order chi connectivity index (χ0) is 11.5. The maximum Gasteiger partial charge on any atom is 0.178 e. The second-order valence-corrected chi connectivity index (χ2v) is 3.74. The predicted octanol–water partition coefficient (Wildman–Crippen LogP) is 1.46. The van der Waals surface area contributed by atoms with Gasteiger partial charge in [-0.1, -0.05) is 30.3 Å². The SMILES string of the molecule is CC(=O)C(C)(CO)C(=O)c1ccccc1. The third-order valence-electron chi connectivity index (χ3n) is 2.63. The molecule has 1 atom stereocenters. The van der Waals surface area contributed by atoms with E-state index in [1.807, 2.05) is 0 Å². The molecule has 3 heteroatoms. The molecule has 0 heterocycles. The summed E-state index contributed by atoms with van der Waals surface area (Å²) >= 11 is 0. The van der Waals surface area contributed by atoms with Crippen LogP contribution >= 0.6 is 0 Å². The maximum absolute atomic E-state index is 12.0. The molecular weight excluding hydrogens is 192 g/mol. The third kappa shape index (κ3) is 2.13. The lowest BCUT2D eigenvalue weighted by atomic mass is 9.80. The summed E-state index contributed by atoms with van der Waals surface area (Å²) in [7, 11) is 0. The van der Waals surface area contributed by atoms with Crippen molar-refractivity contribution < 1.29 is 14.7 Å². The topological polar surface area (TPSA) is 54.4 Å². The second-order valence-electron chi connectivity index (χ2n) is 3.74. The number of aliphatic hydroxyl groups is 1. The molecular formula is C12H14O3. The van der Waals surface area contributed by atoms with E-state index in [0.29, 0.717) is 5.56 Å². The first-order valence-corrected chi connectivity index (χ1v) is 4.74. The quantitative estimate of drug-likeness (QED) is 0.599. The zero-order valence-corrected chi connectivity index (χ0v) is 8.86. The molecule has 15 heavy (non-hydrogen) atoms. The lowest BCUT2D eigenvalue weighted by Gasteiger charge is -2.22. The Morgan fingerprint density at radius 2 is 1.80 bits per heavy atom. The smallest absolute Gasteiger partial charge is 0.178 e. The molecule has 0 fully saturated rings. The summed E-state index contributed by atoms with van der Waals surface area (Å²) in [6, 6.07) is 8.52. The first-order chi connectivity index (χ1) is 7.02. The molecule has 0 radical (unpaired) electrons. The van der Waals surface area contributed by atoms with Gasteiger partial charge in [0.25, 0.3) is 0 Å². The van der Waals surface area contributed by atoms with Gasteiger partial charge in [0, 0.05) is 5.56 Å². The van der Waals surface area contributed by atoms with Crippen LogP contribution < -0.4 is 0 Å². The average molecular weight is 206 g/mol. The predicted molar refractivity (Wildman–Crippen MR) is 56.6 cm³/mol. The standard InChI is InChI=1S/C12H14O3/c1-9(14)12(2,8-13)11(15)10-6-4-3-5-7-10/h3-7,13H,8H2,1-2H3. The maximum atomic E-state index is 12.0. The highest BCUT2D eigenvalue weighted by atomic mass is 16.3. The molecule has 0 aromatic heterocycles. The number of benzene rings is 1. The van der Waals surface area contributed by atoms with Crippen LogP contribution in [0.15, 0.2) is 30.3 Å². The van der Waals surface area contributed by atoms with Crippen molar-refractivity contribution in [2.75, 3.05) is 6.61 Å². The van der Waals surface area contributed by atoms with Gasteiger partial charge in [-0.15, -0.1) is 0 Å². The van der Waals surface area contributed by atoms with Crippen LogP contribution in [0.25, 0.3) is 0 Å². The number of carbonyl (C=O) groups excluding carboxylic acids is 2. The van der Waals surface area contributed by atoms with Crippen LogP contribution in [0.4, 0.5) is 0 Å². The molecule has 1 N–H and O–H groups in total. The molecule has 0 spiro atoms. The van der Waals surface area contributed by atoms with Crippen LogP contribution in [0.2, 0.25) is 0 Å². The van der Waals surface area contributed by atoms with Gasteiger partial charge in [-0.05, 0) is 13.8 Å². The minimum Gasteiger partial charge on any atom is -0.395 e. The highest BCUT2D eigenvalue weighted by molar-refractivity contribution is 6.13. The van der Waals surface area contributed by atoms with E-state index in [1.54, 1.807) is 30.3 Å². The van der Waals surface area contributed by atoms with Gasteiger partial charge in [0.05, 0.1) is 6.61 Å². The molecule has 1 aromatic carbocycles. The van der Waals surface area contributed by atoms with Gasteiger partial charge in [-0.2, -0.15) is 0 Å². The number of aliphatic hydroxyl groups excluding tert-OH is 1. The Kier molecular flexibility index (Phi) is 3.37. The van der Waals surface area contributed by atoms with Crippen LogP contribution in [0.1, 0.15) is 24.2 Å². The van der Waals surface area contributed by atoms with E-state index in [4.69, 9.17) is 5.11 Å². The second kappa shape index (κ2) is 4.36. The Bertz CT molecular complexity index is 370. The van der Waals surface area contributed by atoms with Crippen molar-refractivity contribution in [1.82, 2.24) is 0 Å². The van der Waals surface area contributed by atoms with Crippen LogP contribution in [0, 0.1) is 5.41 Å². The van der Waals surface area contributed by atoms with E-state index in [0.717, 1.165) is 0 Å². The Balaban J connectivity index is 3.08. The van der Waals surface area contributed by atoms with Gasteiger partial charge < -0.3 is 5.11 Å². The fourth-order valence-electron chi connectivity index (χ4n) is 1.25. The average Bonchev–Trinajstić information content (AvgIpc) is 2.28. The van der Waals surface area contributed by atoms with E-state index in [2.05, 4.69) is 0 Å². The summed E-state index contributed by atoms with van der Waals surface area (Å²) in [4.78, 5) is 23.3. The minimum absolute atomic E-state index is 0.321. The zero-order valence-electron chi connectivity index (χ0n) is 8.86. The van der Waals surface area contributed by atoms with Crippen LogP contribution in [-0.2, 0) is 4.79 Å². The molecule has 80 valence electrons. The molecule has 0 bridgehead atoms. The number of hydrogen-bond acceptors (Lipinski definition) is 3. The van der Waals surface area contributed by atoms with Crippen molar-refractivity contribution in [3.63, 3.8) is 0 Å². The largest absolute Gasteiger partial charge is 0.395 e. The van der Waals surface area contributed by atoms with Crippen molar-refractivity contribution in [3.05, 3.63) is 35.9 Å². The first-order valence-electron chi connectivity index (χ1n) is 4.74. The summed E-state index contributed by atoms with van der Waals surface area (Å²) in [5.74, 6) is -0.656. The normalized spacial score (nSPS) is 14.3. The van der Waals surface area contributed by atoms with Gasteiger partial charge in [0.15, 0.2) is 5.78 Å². The summed E-state index contributed by atoms with van der Waals surface area (Å²) < 4.78 is 0. The summed E-state index contributed by atoms with van der Waals surface area (Å²) in [6.45, 7) is 2.32. The van der Waals surface area contributed by atoms with Crippen molar-refractivity contribution in [1.29, 1.82) is 0 Å². The molecule has 0 aliphatic rings. The highest BCUT2D eigenvalue weighted by Gasteiger charge is 2.37. The van der Waals surface area contributed by atoms with Crippen molar-refractivity contribution in [3.8, 4) is 0 Å². The number of carbonyl (C=O) groups is 2. The Hall–Kier alpha value is -1.48. The fourth-order valence-corrected chi connectivity index (χ4v) is 1.25. The molecule has 1 aromatic rings. The number of hydrogen-bond donors (Lipinski definition) is 1. The molecule has 0 amide bonds. The van der Waals surface area contributed by atoms with Crippen molar-refractivity contribution in [2.24, 2.45) is 5.41 Å². The minimum atomic E-state index is -1.32. The van der Waals surface area contributed by atoms with Crippen LogP contribution in [-0.4, -0.2) is 23.3 Å². The van der Waals surface area contributed by atoms with E-state index in [1.165, 1.54) is 13.8 Å². The molecule has 0 saturated carbocycles. The Morgan fingerprint density at radius 1 is 1.27 bits per heavy atom. The van der Waals surface area contributed by atoms with Crippen molar-refractivity contribution in [2.45, 2.75) is 13.8 Å². The van der Waals surface area contributed by atoms with Gasteiger partial charge in [-0.3, -0.25) is 9.59 Å². The molecule has 0 saturated heterocycles. The fraction of sp³-hybridized carbons (Fsp3) is 0.333. The van der Waals surface area contributed by atoms with Crippen LogP contribution in [0.5, 0.6) is 0 Å². The Morgan fingerprint density at radius 3 is 2.20 bits per heavy atom. The molecule has 0 aliphatic heterocycles. The first kappa shape index (κ1) is 11.6. The van der Waals surface area contributed by atoms with E-state index >= 15 is 0 Å². The number of ketones is 2. The molecule has 0 aliphatic carbocycles. The molecule has 1 rings (SSSR count). The summed E-state index contributed by atoms with van der Waals surface area (Å²) in [5.41, 5.74) is -0.870. The van der Waals surface area contributed by atoms with Gasteiger partial charge in [-0.25, -0.2) is 0 Å². The number of Topliss-reactive ketones (excluding diaryl/α,β-unsaturated/α-hetero) is 2. The van der Waals surface area contributed by atoms with Gasteiger partial charge in [0.2, 0.25) is 0 Å². The summed E-state index contributed by atoms with van der Waals surface area (Å²) in [5, 5.41) is 9.15. The van der Waals surface area contributed by atoms with Gasteiger partial charge in [0.1, 0.15) is 11.2 Å². The molecule has 3 nitrogen and oxygen atoms in total. The van der Waals surface area contributed by atoms with Crippen LogP contribution in [0.3, 0.4) is 0 Å². The molecule has 1 unspecified atom stereocenters. The number of rotatable bonds is 4. The highest BCUT2D eigenvalue weighted by Crippen LogP contribution is 2.23.